The van der Waals surface area contributed by atoms with Crippen LogP contribution >= 0.6 is 0 Å². The molecule has 1 saturated heterocycles. The second-order valence-electron chi connectivity index (χ2n) is 6.67. The standard InChI is InChI=1S/C18H20N2O2/c1-19-8-4-6-15(17(19)21)10-20-11-18(12-20)9-14-5-2-3-7-16(14)22-13-18/h2-8H,9-13H2,1H3. The van der Waals surface area contributed by atoms with Gasteiger partial charge in [-0.05, 0) is 24.1 Å². The van der Waals surface area contributed by atoms with Gasteiger partial charge in [0.15, 0.2) is 0 Å². The third kappa shape index (κ3) is 2.24. The van der Waals surface area contributed by atoms with Gasteiger partial charge in [-0.1, -0.05) is 24.3 Å². The lowest BCUT2D eigenvalue weighted by molar-refractivity contribution is -0.0480. The zero-order valence-electron chi connectivity index (χ0n) is 12.8. The first-order chi connectivity index (χ1) is 10.7. The highest BCUT2D eigenvalue weighted by molar-refractivity contribution is 5.37. The first kappa shape index (κ1) is 13.6. The molecule has 0 saturated carbocycles. The molecule has 3 heterocycles. The number of hydrogen-bond donors (Lipinski definition) is 0. The summed E-state index contributed by atoms with van der Waals surface area (Å²) in [5.74, 6) is 1.03. The van der Waals surface area contributed by atoms with Crippen molar-refractivity contribution in [2.75, 3.05) is 19.7 Å². The minimum atomic E-state index is 0.105. The van der Waals surface area contributed by atoms with Crippen LogP contribution in [0.4, 0.5) is 0 Å². The number of pyridine rings is 1. The van der Waals surface area contributed by atoms with E-state index in [2.05, 4.69) is 17.0 Å². The Morgan fingerprint density at radius 1 is 1.18 bits per heavy atom. The Kier molecular flexibility index (Phi) is 3.08. The summed E-state index contributed by atoms with van der Waals surface area (Å²) in [6, 6.07) is 12.2. The van der Waals surface area contributed by atoms with Gasteiger partial charge in [-0.2, -0.15) is 0 Å². The number of para-hydroxylation sites is 1. The Bertz CT molecular complexity index is 760. The highest BCUT2D eigenvalue weighted by Gasteiger charge is 2.46. The maximum absolute atomic E-state index is 12.1. The van der Waals surface area contributed by atoms with Crippen molar-refractivity contribution in [3.05, 3.63) is 64.1 Å². The van der Waals surface area contributed by atoms with Crippen molar-refractivity contribution in [1.29, 1.82) is 0 Å². The van der Waals surface area contributed by atoms with Crippen molar-refractivity contribution in [2.45, 2.75) is 13.0 Å². The molecule has 1 spiro atoms. The topological polar surface area (TPSA) is 34.5 Å². The van der Waals surface area contributed by atoms with E-state index in [0.717, 1.165) is 44.0 Å². The van der Waals surface area contributed by atoms with Crippen LogP contribution in [-0.4, -0.2) is 29.2 Å². The maximum Gasteiger partial charge on any atom is 0.254 e. The number of nitrogens with zero attached hydrogens (tertiary/aromatic N) is 2. The van der Waals surface area contributed by atoms with Crippen molar-refractivity contribution >= 4 is 0 Å². The van der Waals surface area contributed by atoms with Crippen LogP contribution in [0.15, 0.2) is 47.4 Å². The molecule has 0 unspecified atom stereocenters. The lowest BCUT2D eigenvalue weighted by Crippen LogP contribution is -2.61. The molecule has 1 aromatic carbocycles. The van der Waals surface area contributed by atoms with Crippen LogP contribution in [-0.2, 0) is 20.0 Å². The van der Waals surface area contributed by atoms with Crippen molar-refractivity contribution in [3.8, 4) is 5.75 Å². The average Bonchev–Trinajstić information content (AvgIpc) is 2.50. The molecule has 2 aliphatic rings. The molecular formula is C18H20N2O2. The van der Waals surface area contributed by atoms with E-state index >= 15 is 0 Å². The normalized spacial score (nSPS) is 19.3. The molecule has 1 fully saturated rings. The molecule has 0 atom stereocenters. The summed E-state index contributed by atoms with van der Waals surface area (Å²) in [4.78, 5) is 14.4. The minimum absolute atomic E-state index is 0.105. The van der Waals surface area contributed by atoms with Gasteiger partial charge in [-0.25, -0.2) is 0 Å². The fourth-order valence-corrected chi connectivity index (χ4v) is 3.71. The van der Waals surface area contributed by atoms with Crippen molar-refractivity contribution in [2.24, 2.45) is 12.5 Å². The fraction of sp³-hybridized carbons (Fsp3) is 0.389. The number of ether oxygens (including phenoxy) is 1. The first-order valence-electron chi connectivity index (χ1n) is 7.73. The van der Waals surface area contributed by atoms with Crippen LogP contribution in [0.25, 0.3) is 0 Å². The van der Waals surface area contributed by atoms with Crippen LogP contribution in [0.1, 0.15) is 11.1 Å². The van der Waals surface area contributed by atoms with Gasteiger partial charge in [0, 0.05) is 43.9 Å². The quantitative estimate of drug-likeness (QED) is 0.848. The summed E-state index contributed by atoms with van der Waals surface area (Å²) in [5.41, 5.74) is 2.52. The second-order valence-corrected chi connectivity index (χ2v) is 6.67. The van der Waals surface area contributed by atoms with Gasteiger partial charge in [0.05, 0.1) is 6.61 Å². The number of aromatic nitrogens is 1. The van der Waals surface area contributed by atoms with Crippen LogP contribution in [0.2, 0.25) is 0 Å². The maximum atomic E-state index is 12.1. The van der Waals surface area contributed by atoms with E-state index in [4.69, 9.17) is 4.74 Å². The second kappa shape index (κ2) is 4.99. The van der Waals surface area contributed by atoms with E-state index in [9.17, 15) is 4.79 Å². The van der Waals surface area contributed by atoms with Crippen molar-refractivity contribution in [1.82, 2.24) is 9.47 Å². The van der Waals surface area contributed by atoms with Gasteiger partial charge in [-0.3, -0.25) is 9.69 Å². The van der Waals surface area contributed by atoms with Gasteiger partial charge in [0.25, 0.3) is 5.56 Å². The van der Waals surface area contributed by atoms with Crippen molar-refractivity contribution < 1.29 is 4.74 Å². The van der Waals surface area contributed by atoms with Gasteiger partial charge in [0.2, 0.25) is 0 Å². The zero-order chi connectivity index (χ0) is 15.2. The monoisotopic (exact) mass is 296 g/mol. The summed E-state index contributed by atoms with van der Waals surface area (Å²) in [6.45, 7) is 3.52. The molecule has 0 N–H and O–H groups in total. The Labute approximate surface area is 129 Å². The molecule has 4 rings (SSSR count). The van der Waals surface area contributed by atoms with E-state index in [-0.39, 0.29) is 11.0 Å². The summed E-state index contributed by atoms with van der Waals surface area (Å²) < 4.78 is 7.57. The molecule has 2 aliphatic heterocycles. The van der Waals surface area contributed by atoms with Crippen molar-refractivity contribution in [3.63, 3.8) is 0 Å². The van der Waals surface area contributed by atoms with Gasteiger partial charge in [0.1, 0.15) is 5.75 Å². The van der Waals surface area contributed by atoms with Crippen LogP contribution < -0.4 is 10.3 Å². The molecule has 2 aromatic rings. The molecule has 22 heavy (non-hydrogen) atoms. The number of aryl methyl sites for hydroxylation is 1. The summed E-state index contributed by atoms with van der Waals surface area (Å²) in [7, 11) is 1.80. The predicted molar refractivity (Wildman–Crippen MR) is 85.0 cm³/mol. The van der Waals surface area contributed by atoms with Crippen LogP contribution in [0.3, 0.4) is 0 Å². The highest BCUT2D eigenvalue weighted by Crippen LogP contribution is 2.41. The predicted octanol–water partition coefficient (Wildman–Crippen LogP) is 1.82. The van der Waals surface area contributed by atoms with Gasteiger partial charge >= 0.3 is 0 Å². The first-order valence-corrected chi connectivity index (χ1v) is 7.73. The summed E-state index contributed by atoms with van der Waals surface area (Å²) >= 11 is 0. The summed E-state index contributed by atoms with van der Waals surface area (Å²) in [5, 5.41) is 0. The molecule has 4 heteroatoms. The largest absolute Gasteiger partial charge is 0.493 e. The zero-order valence-corrected chi connectivity index (χ0v) is 12.8. The summed E-state index contributed by atoms with van der Waals surface area (Å²) in [6.07, 6.45) is 2.88. The molecule has 0 amide bonds. The Balaban J connectivity index is 1.44. The molecular weight excluding hydrogens is 276 g/mol. The van der Waals surface area contributed by atoms with Gasteiger partial charge < -0.3 is 9.30 Å². The lowest BCUT2D eigenvalue weighted by atomic mass is 9.74. The van der Waals surface area contributed by atoms with Crippen LogP contribution in [0.5, 0.6) is 5.75 Å². The van der Waals surface area contributed by atoms with E-state index in [0.29, 0.717) is 0 Å². The smallest absolute Gasteiger partial charge is 0.254 e. The van der Waals surface area contributed by atoms with E-state index in [1.165, 1.54) is 5.56 Å². The third-order valence-corrected chi connectivity index (χ3v) is 4.79. The third-order valence-electron chi connectivity index (χ3n) is 4.79. The molecule has 0 radical (unpaired) electrons. The molecule has 1 aromatic heterocycles. The fourth-order valence-electron chi connectivity index (χ4n) is 3.71. The molecule has 4 nitrogen and oxygen atoms in total. The average molecular weight is 296 g/mol. The van der Waals surface area contributed by atoms with E-state index in [1.807, 2.05) is 24.3 Å². The number of likely N-dealkylation sites (tertiary alicyclic amines) is 1. The molecule has 114 valence electrons. The van der Waals surface area contributed by atoms with Crippen LogP contribution in [0, 0.1) is 5.41 Å². The van der Waals surface area contributed by atoms with E-state index < -0.39 is 0 Å². The van der Waals surface area contributed by atoms with Gasteiger partial charge in [-0.15, -0.1) is 0 Å². The molecule has 0 bridgehead atoms. The highest BCUT2D eigenvalue weighted by atomic mass is 16.5. The number of hydrogen-bond acceptors (Lipinski definition) is 3. The van der Waals surface area contributed by atoms with E-state index in [1.54, 1.807) is 17.8 Å². The molecule has 0 aliphatic carbocycles. The minimum Gasteiger partial charge on any atom is -0.493 e. The number of benzene rings is 1. The Morgan fingerprint density at radius 3 is 2.86 bits per heavy atom. The SMILES string of the molecule is Cn1cccc(CN2CC3(COc4ccccc4C3)C2)c1=O. The number of fused-ring (bicyclic) bond motifs is 1. The Hall–Kier alpha value is -2.07. The number of rotatable bonds is 2. The lowest BCUT2D eigenvalue weighted by Gasteiger charge is -2.52. The Morgan fingerprint density at radius 2 is 2.00 bits per heavy atom.